The lowest BCUT2D eigenvalue weighted by atomic mass is 9.85. The monoisotopic (exact) mass is 361 g/mol. The van der Waals surface area contributed by atoms with Gasteiger partial charge in [0.25, 0.3) is 0 Å². The number of carbonyl (C=O) groups is 1. The zero-order valence-corrected chi connectivity index (χ0v) is 14.9. The van der Waals surface area contributed by atoms with E-state index in [9.17, 15) is 9.18 Å². The van der Waals surface area contributed by atoms with E-state index < -0.39 is 5.82 Å². The predicted octanol–water partition coefficient (Wildman–Crippen LogP) is 5.29. The first kappa shape index (κ1) is 17.9. The van der Waals surface area contributed by atoms with Gasteiger partial charge in [-0.2, -0.15) is 0 Å². The number of hydrogen-bond acceptors (Lipinski definition) is 2. The Hall–Kier alpha value is -1.91. The van der Waals surface area contributed by atoms with Crippen LogP contribution >= 0.6 is 11.6 Å². The highest BCUT2D eigenvalue weighted by molar-refractivity contribution is 6.33. The van der Waals surface area contributed by atoms with E-state index in [1.54, 1.807) is 37.4 Å². The van der Waals surface area contributed by atoms with Crippen LogP contribution in [0.2, 0.25) is 5.02 Å². The highest BCUT2D eigenvalue weighted by Gasteiger charge is 2.31. The molecule has 2 aromatic carbocycles. The molecule has 1 aliphatic rings. The lowest BCUT2D eigenvalue weighted by molar-refractivity contribution is -0.126. The minimum Gasteiger partial charge on any atom is -0.381 e. The largest absolute Gasteiger partial charge is 0.381 e. The van der Waals surface area contributed by atoms with E-state index in [1.165, 1.54) is 6.07 Å². The third-order valence-corrected chi connectivity index (χ3v) is 5.07. The van der Waals surface area contributed by atoms with Gasteiger partial charge in [-0.15, -0.1) is 0 Å². The molecular weight excluding hydrogens is 341 g/mol. The number of rotatable bonds is 4. The molecule has 2 atom stereocenters. The molecule has 0 spiro atoms. The summed E-state index contributed by atoms with van der Waals surface area (Å²) >= 11 is 6.14. The molecule has 0 aliphatic heterocycles. The molecule has 25 heavy (non-hydrogen) atoms. The van der Waals surface area contributed by atoms with Gasteiger partial charge in [0.1, 0.15) is 5.82 Å². The second kappa shape index (κ2) is 7.98. The summed E-state index contributed by atoms with van der Waals surface area (Å²) < 4.78 is 19.9. The SMILES string of the molecule is COC1CCCCC1C(=O)Nc1ccc(-c2ccccc2Cl)c(F)c1. The molecule has 1 amide bonds. The Kier molecular flexibility index (Phi) is 5.71. The fraction of sp³-hybridized carbons (Fsp3) is 0.350. The van der Waals surface area contributed by atoms with Crippen molar-refractivity contribution in [1.29, 1.82) is 0 Å². The first-order valence-corrected chi connectivity index (χ1v) is 8.86. The highest BCUT2D eigenvalue weighted by Crippen LogP contribution is 2.32. The minimum atomic E-state index is -0.419. The normalized spacial score (nSPS) is 20.3. The lowest BCUT2D eigenvalue weighted by Crippen LogP contribution is -2.36. The molecule has 2 aromatic rings. The van der Waals surface area contributed by atoms with Crippen LogP contribution in [0.4, 0.5) is 10.1 Å². The smallest absolute Gasteiger partial charge is 0.230 e. The van der Waals surface area contributed by atoms with Gasteiger partial charge in [-0.05, 0) is 37.1 Å². The van der Waals surface area contributed by atoms with E-state index in [-0.39, 0.29) is 17.9 Å². The fourth-order valence-electron chi connectivity index (χ4n) is 3.40. The fourth-order valence-corrected chi connectivity index (χ4v) is 3.64. The summed E-state index contributed by atoms with van der Waals surface area (Å²) in [5, 5.41) is 3.31. The van der Waals surface area contributed by atoms with E-state index in [4.69, 9.17) is 16.3 Å². The van der Waals surface area contributed by atoms with Crippen molar-refractivity contribution in [3.05, 3.63) is 53.3 Å². The molecule has 0 bridgehead atoms. The van der Waals surface area contributed by atoms with Gasteiger partial charge in [0.2, 0.25) is 5.91 Å². The second-order valence-corrected chi connectivity index (χ2v) is 6.74. The number of ether oxygens (including phenoxy) is 1. The van der Waals surface area contributed by atoms with Crippen LogP contribution in [0, 0.1) is 11.7 Å². The van der Waals surface area contributed by atoms with Crippen LogP contribution in [-0.2, 0) is 9.53 Å². The quantitative estimate of drug-likeness (QED) is 0.803. The van der Waals surface area contributed by atoms with E-state index >= 15 is 0 Å². The van der Waals surface area contributed by atoms with Crippen LogP contribution in [-0.4, -0.2) is 19.1 Å². The molecule has 0 heterocycles. The first-order chi connectivity index (χ1) is 12.1. The van der Waals surface area contributed by atoms with Crippen LogP contribution in [0.1, 0.15) is 25.7 Å². The van der Waals surface area contributed by atoms with Gasteiger partial charge in [-0.1, -0.05) is 42.6 Å². The van der Waals surface area contributed by atoms with Crippen LogP contribution < -0.4 is 5.32 Å². The molecule has 1 N–H and O–H groups in total. The summed E-state index contributed by atoms with van der Waals surface area (Å²) in [6.45, 7) is 0. The Morgan fingerprint density at radius 1 is 1.16 bits per heavy atom. The van der Waals surface area contributed by atoms with Crippen LogP contribution in [0.5, 0.6) is 0 Å². The lowest BCUT2D eigenvalue weighted by Gasteiger charge is -2.29. The Morgan fingerprint density at radius 2 is 1.92 bits per heavy atom. The van der Waals surface area contributed by atoms with E-state index in [1.807, 2.05) is 6.07 Å². The molecule has 3 rings (SSSR count). The number of anilines is 1. The zero-order chi connectivity index (χ0) is 17.8. The second-order valence-electron chi connectivity index (χ2n) is 6.33. The van der Waals surface area contributed by atoms with Crippen LogP contribution in [0.15, 0.2) is 42.5 Å². The molecular formula is C20H21ClFNO2. The van der Waals surface area contributed by atoms with Gasteiger partial charge in [-0.25, -0.2) is 4.39 Å². The molecule has 0 aromatic heterocycles. The van der Waals surface area contributed by atoms with Gasteiger partial charge in [0.15, 0.2) is 0 Å². The maximum absolute atomic E-state index is 14.5. The topological polar surface area (TPSA) is 38.3 Å². The zero-order valence-electron chi connectivity index (χ0n) is 14.1. The maximum Gasteiger partial charge on any atom is 0.230 e. The Labute approximate surface area is 152 Å². The van der Waals surface area contributed by atoms with Crippen molar-refractivity contribution in [2.24, 2.45) is 5.92 Å². The molecule has 3 nitrogen and oxygen atoms in total. The van der Waals surface area contributed by atoms with Crippen molar-refractivity contribution in [1.82, 2.24) is 0 Å². The molecule has 1 aliphatic carbocycles. The molecule has 0 saturated heterocycles. The van der Waals surface area contributed by atoms with E-state index in [0.717, 1.165) is 25.7 Å². The summed E-state index contributed by atoms with van der Waals surface area (Å²) in [6.07, 6.45) is 3.70. The van der Waals surface area contributed by atoms with Crippen molar-refractivity contribution in [3.8, 4) is 11.1 Å². The minimum absolute atomic E-state index is 0.0685. The molecule has 5 heteroatoms. The molecule has 1 fully saturated rings. The summed E-state index contributed by atoms with van der Waals surface area (Å²) in [5.41, 5.74) is 1.49. The van der Waals surface area contributed by atoms with Crippen LogP contribution in [0.3, 0.4) is 0 Å². The molecule has 0 radical (unpaired) electrons. The van der Waals surface area contributed by atoms with Crippen molar-refractivity contribution < 1.29 is 13.9 Å². The summed E-state index contributed by atoms with van der Waals surface area (Å²) in [5.74, 6) is -0.723. The standard InChI is InChI=1S/C20H21ClFNO2/c1-25-19-9-5-3-7-16(19)20(24)23-13-10-11-15(18(22)12-13)14-6-2-4-8-17(14)21/h2,4,6,8,10-12,16,19H,3,5,7,9H2,1H3,(H,23,24). The molecule has 2 unspecified atom stereocenters. The number of halogens is 2. The van der Waals surface area contributed by atoms with Crippen LogP contribution in [0.25, 0.3) is 11.1 Å². The number of hydrogen-bond donors (Lipinski definition) is 1. The number of methoxy groups -OCH3 is 1. The molecule has 1 saturated carbocycles. The van der Waals surface area contributed by atoms with Crippen molar-refractivity contribution in [2.75, 3.05) is 12.4 Å². The average Bonchev–Trinajstić information content (AvgIpc) is 2.62. The molecule has 132 valence electrons. The summed E-state index contributed by atoms with van der Waals surface area (Å²) in [7, 11) is 1.63. The predicted molar refractivity (Wildman–Crippen MR) is 98.2 cm³/mol. The van der Waals surface area contributed by atoms with Gasteiger partial charge in [0.05, 0.1) is 12.0 Å². The third kappa shape index (κ3) is 4.02. The van der Waals surface area contributed by atoms with Gasteiger partial charge >= 0.3 is 0 Å². The van der Waals surface area contributed by atoms with Gasteiger partial charge in [0, 0.05) is 28.9 Å². The van der Waals surface area contributed by atoms with Gasteiger partial charge < -0.3 is 10.1 Å². The summed E-state index contributed by atoms with van der Waals surface area (Å²) in [4.78, 5) is 12.5. The third-order valence-electron chi connectivity index (χ3n) is 4.74. The Balaban J connectivity index is 1.77. The summed E-state index contributed by atoms with van der Waals surface area (Å²) in [6, 6.07) is 11.8. The maximum atomic E-state index is 14.5. The van der Waals surface area contributed by atoms with Gasteiger partial charge in [-0.3, -0.25) is 4.79 Å². The number of nitrogens with one attached hydrogen (secondary N) is 1. The number of carbonyl (C=O) groups excluding carboxylic acids is 1. The van der Waals surface area contributed by atoms with E-state index in [2.05, 4.69) is 5.32 Å². The average molecular weight is 362 g/mol. The van der Waals surface area contributed by atoms with E-state index in [0.29, 0.717) is 21.8 Å². The highest BCUT2D eigenvalue weighted by atomic mass is 35.5. The number of benzene rings is 2. The Bertz CT molecular complexity index is 765. The van der Waals surface area contributed by atoms with Crippen molar-refractivity contribution >= 4 is 23.2 Å². The first-order valence-electron chi connectivity index (χ1n) is 8.48. The number of amides is 1. The van der Waals surface area contributed by atoms with Crippen molar-refractivity contribution in [3.63, 3.8) is 0 Å². The van der Waals surface area contributed by atoms with Crippen molar-refractivity contribution in [2.45, 2.75) is 31.8 Å². The Morgan fingerprint density at radius 3 is 2.64 bits per heavy atom.